The maximum atomic E-state index is 13.2. The topological polar surface area (TPSA) is 357 Å². The summed E-state index contributed by atoms with van der Waals surface area (Å²) in [6, 6.07) is -1.15. The van der Waals surface area contributed by atoms with Crippen LogP contribution in [0.4, 0.5) is 4.79 Å². The second-order valence-corrected chi connectivity index (χ2v) is 24.6. The van der Waals surface area contributed by atoms with E-state index < -0.39 is 134 Å². The SMILES string of the molecule is CCCCCCCC/C=C\CCCCCCCC(=O)OCC(COC(=O)CCCCCCC/C=C\CCCCCCCC)OC(=O)NCCCCN1C[C@H](O)[C@@H](O[C@@H]2O[C@@H](C)[C@@H](O)[C@@H](O)[C@@H]2O)[C@H](O[C@@H]2O[C@H](CO)[C@H](O)[C@H](OS(=O)(=O)O)[C@H]2O)[C@H]1CO.[Na]. The molecule has 0 bridgehead atoms. The summed E-state index contributed by atoms with van der Waals surface area (Å²) >= 11 is 0. The standard InChI is InChI=1S/C62H112N2O22S.Na/c1-4-6-8-10-12-14-16-18-20-22-24-26-28-30-32-36-50(68)79-43-46(44-80-51(69)37-33-31-29-27-25-23-21-19-17-15-13-11-9-7-5-2)82-62(75)63-38-34-35-39-64-40-48(67)58(85-60-55(73)54(72)52(70)45(3)81-60)57(47(64)41-65)84-61-56(74)59(86-87(76,77)78)53(71)49(42-66)83-61;/h18-21,45-49,52-61,65-67,70-74H,4-17,22-44H2,1-3H3,(H,63,75)(H,76,77,78);/b20-18-,21-19-;/t45-,47+,48-,49+,52+,53-,54+,55-,56+,57+,58+,59-,60-,61-;/m0./s1. The molecule has 0 unspecified atom stereocenters. The van der Waals surface area contributed by atoms with Gasteiger partial charge < -0.3 is 79.3 Å². The van der Waals surface area contributed by atoms with Gasteiger partial charge in [-0.1, -0.05) is 141 Å². The Morgan fingerprint density at radius 1 is 0.568 bits per heavy atom. The molecule has 26 heteroatoms. The van der Waals surface area contributed by atoms with Crippen LogP contribution < -0.4 is 5.32 Å². The van der Waals surface area contributed by atoms with E-state index >= 15 is 0 Å². The largest absolute Gasteiger partial charge is 0.462 e. The van der Waals surface area contributed by atoms with Crippen molar-refractivity contribution in [3.63, 3.8) is 0 Å². The molecule has 1 radical (unpaired) electrons. The van der Waals surface area contributed by atoms with Gasteiger partial charge in [0, 0.05) is 55.5 Å². The number of β-amino-alcohol motifs (C(OH)–C–C–N with tert-alkyl or cyclic N) is 1. The molecule has 0 aromatic heterocycles. The van der Waals surface area contributed by atoms with Gasteiger partial charge >= 0.3 is 28.4 Å². The Bertz CT molecular complexity index is 1940. The Labute approximate surface area is 546 Å². The number of rotatable bonds is 48. The molecule has 88 heavy (non-hydrogen) atoms. The molecule has 3 rings (SSSR count). The number of unbranched alkanes of at least 4 members (excludes halogenated alkanes) is 23. The van der Waals surface area contributed by atoms with Crippen LogP contribution in [0.25, 0.3) is 0 Å². The number of piperidine rings is 1. The van der Waals surface area contributed by atoms with Crippen LogP contribution in [0, 0.1) is 0 Å². The van der Waals surface area contributed by atoms with Crippen molar-refractivity contribution < 1.29 is 106 Å². The third-order valence-electron chi connectivity index (χ3n) is 16.2. The minimum absolute atomic E-state index is 0. The number of esters is 2. The zero-order valence-corrected chi connectivity index (χ0v) is 56.1. The van der Waals surface area contributed by atoms with Gasteiger partial charge in [-0.2, -0.15) is 8.42 Å². The molecule has 3 saturated heterocycles. The van der Waals surface area contributed by atoms with Crippen LogP contribution >= 0.6 is 0 Å². The van der Waals surface area contributed by atoms with Crippen LogP contribution in [0.1, 0.15) is 213 Å². The summed E-state index contributed by atoms with van der Waals surface area (Å²) in [7, 11) is -5.31. The van der Waals surface area contributed by atoms with E-state index in [-0.39, 0.29) is 75.2 Å². The summed E-state index contributed by atoms with van der Waals surface area (Å²) in [5, 5.41) is 88.5. The number of likely N-dealkylation sites (tertiary alicyclic amines) is 1. The molecule has 0 aliphatic carbocycles. The fraction of sp³-hybridized carbons (Fsp3) is 0.887. The second-order valence-electron chi connectivity index (χ2n) is 23.6. The number of ether oxygens (including phenoxy) is 7. The number of allylic oxidation sites excluding steroid dienone is 4. The number of aliphatic hydroxyl groups is 8. The Kier molecular flexibility index (Phi) is 45.5. The van der Waals surface area contributed by atoms with Crippen molar-refractivity contribution in [2.75, 3.05) is 46.1 Å². The summed E-state index contributed by atoms with van der Waals surface area (Å²) in [4.78, 5) is 40.5. The summed E-state index contributed by atoms with van der Waals surface area (Å²) in [5.41, 5.74) is 0. The van der Waals surface area contributed by atoms with E-state index in [1.54, 1.807) is 4.90 Å². The van der Waals surface area contributed by atoms with Crippen LogP contribution in [0.15, 0.2) is 24.3 Å². The number of nitrogens with zero attached hydrogens (tertiary/aromatic N) is 1. The number of alkyl carbamates (subject to hydrolysis) is 1. The molecule has 3 aliphatic heterocycles. The summed E-state index contributed by atoms with van der Waals surface area (Å²) in [6.07, 6.45) is 14.6. The first-order chi connectivity index (χ1) is 41.8. The first kappa shape index (κ1) is 82.1. The minimum atomic E-state index is -5.31. The van der Waals surface area contributed by atoms with Crippen LogP contribution in [-0.2, 0) is 57.3 Å². The average molecular weight is 1290 g/mol. The van der Waals surface area contributed by atoms with E-state index in [2.05, 4.69) is 47.7 Å². The van der Waals surface area contributed by atoms with E-state index in [9.17, 15) is 68.2 Å². The number of nitrogens with one attached hydrogen (secondary N) is 1. The first-order valence-corrected chi connectivity index (χ1v) is 34.1. The maximum Gasteiger partial charge on any atom is 0.407 e. The molecule has 0 aromatic carbocycles. The average Bonchev–Trinajstić information content (AvgIpc) is 1.62. The van der Waals surface area contributed by atoms with E-state index in [4.69, 9.17) is 33.2 Å². The van der Waals surface area contributed by atoms with Crippen molar-refractivity contribution in [1.29, 1.82) is 0 Å². The van der Waals surface area contributed by atoms with Gasteiger partial charge in [0.05, 0.1) is 31.5 Å². The third kappa shape index (κ3) is 33.7. The van der Waals surface area contributed by atoms with Crippen molar-refractivity contribution >= 4 is 58.0 Å². The molecule has 10 N–H and O–H groups in total. The van der Waals surface area contributed by atoms with Gasteiger partial charge in [-0.05, 0) is 90.5 Å². The van der Waals surface area contributed by atoms with E-state index in [1.165, 1.54) is 84.0 Å². The van der Waals surface area contributed by atoms with Crippen LogP contribution in [0.5, 0.6) is 0 Å². The fourth-order valence-corrected chi connectivity index (χ4v) is 11.4. The zero-order valence-electron chi connectivity index (χ0n) is 53.3. The van der Waals surface area contributed by atoms with E-state index in [0.717, 1.165) is 77.0 Å². The number of carbonyl (C=O) groups excluding carboxylic acids is 3. The van der Waals surface area contributed by atoms with Crippen molar-refractivity contribution in [3.8, 4) is 0 Å². The van der Waals surface area contributed by atoms with Crippen molar-refractivity contribution in [3.05, 3.63) is 24.3 Å². The molecule has 14 atom stereocenters. The Balaban J connectivity index is 0.0000264. The minimum Gasteiger partial charge on any atom is -0.462 e. The predicted octanol–water partition coefficient (Wildman–Crippen LogP) is 5.90. The molecule has 1 amide bonds. The van der Waals surface area contributed by atoms with Crippen molar-refractivity contribution in [1.82, 2.24) is 10.2 Å². The second kappa shape index (κ2) is 48.7. The molecule has 3 heterocycles. The summed E-state index contributed by atoms with van der Waals surface area (Å²) < 4.78 is 77.3. The van der Waals surface area contributed by atoms with Crippen molar-refractivity contribution in [2.45, 2.75) is 305 Å². The first-order valence-electron chi connectivity index (χ1n) is 32.7. The Hall–Kier alpha value is -1.96. The number of hydrogen-bond acceptors (Lipinski definition) is 22. The normalized spacial score (nSPS) is 27.0. The van der Waals surface area contributed by atoms with Gasteiger partial charge in [-0.15, -0.1) is 0 Å². The van der Waals surface area contributed by atoms with Gasteiger partial charge in [0.1, 0.15) is 68.1 Å². The number of amides is 1. The third-order valence-corrected chi connectivity index (χ3v) is 16.6. The smallest absolute Gasteiger partial charge is 0.407 e. The fourth-order valence-electron chi connectivity index (χ4n) is 10.9. The molecule has 0 aromatic rings. The molecular formula is C62H112N2NaO22S. The molecular weight excluding hydrogens is 1180 g/mol. The van der Waals surface area contributed by atoms with E-state index in [0.29, 0.717) is 25.7 Å². The Morgan fingerprint density at radius 2 is 1.03 bits per heavy atom. The van der Waals surface area contributed by atoms with Gasteiger partial charge in [-0.25, -0.2) is 8.98 Å². The number of hydrogen-bond donors (Lipinski definition) is 10. The molecule has 0 spiro atoms. The molecule has 3 fully saturated rings. The molecule has 3 aliphatic rings. The van der Waals surface area contributed by atoms with Gasteiger partial charge in [0.15, 0.2) is 18.7 Å². The number of aliphatic hydroxyl groups excluding tert-OH is 8. The van der Waals surface area contributed by atoms with Gasteiger partial charge in [0.25, 0.3) is 0 Å². The molecule has 509 valence electrons. The molecule has 0 saturated carbocycles. The van der Waals surface area contributed by atoms with Crippen LogP contribution in [0.3, 0.4) is 0 Å². The van der Waals surface area contributed by atoms with Crippen LogP contribution in [0.2, 0.25) is 0 Å². The van der Waals surface area contributed by atoms with E-state index in [1.807, 2.05) is 0 Å². The van der Waals surface area contributed by atoms with Gasteiger partial charge in [0.2, 0.25) is 0 Å². The predicted molar refractivity (Wildman–Crippen MR) is 329 cm³/mol. The molecule has 24 nitrogen and oxygen atoms in total. The van der Waals surface area contributed by atoms with Gasteiger partial charge in [-0.3, -0.25) is 19.0 Å². The summed E-state index contributed by atoms with van der Waals surface area (Å²) in [5.74, 6) is -0.926. The number of carbonyl (C=O) groups is 3. The quantitative estimate of drug-likeness (QED) is 0.00846. The van der Waals surface area contributed by atoms with Crippen LogP contribution in [-0.4, -0.2) is 244 Å². The zero-order chi connectivity index (χ0) is 63.8. The van der Waals surface area contributed by atoms with Crippen molar-refractivity contribution in [2.24, 2.45) is 0 Å². The Morgan fingerprint density at radius 3 is 1.51 bits per heavy atom. The summed E-state index contributed by atoms with van der Waals surface area (Å²) in [6.45, 7) is 3.43. The monoisotopic (exact) mass is 1290 g/mol. The maximum absolute atomic E-state index is 13.2.